The van der Waals surface area contributed by atoms with E-state index in [2.05, 4.69) is 35.4 Å². The molecule has 26 heavy (non-hydrogen) atoms. The number of methoxy groups -OCH3 is 1. The van der Waals surface area contributed by atoms with E-state index in [-0.39, 0.29) is 11.3 Å². The summed E-state index contributed by atoms with van der Waals surface area (Å²) in [6.45, 7) is 2.70. The molecule has 0 saturated heterocycles. The number of benzene rings is 2. The Morgan fingerprint density at radius 2 is 2.00 bits per heavy atom. The molecule has 1 aliphatic carbocycles. The lowest BCUT2D eigenvalue weighted by atomic mass is 9.92. The molecule has 0 bridgehead atoms. The van der Waals surface area contributed by atoms with Crippen molar-refractivity contribution in [2.24, 2.45) is 0 Å². The van der Waals surface area contributed by atoms with Crippen molar-refractivity contribution in [1.82, 2.24) is 10.3 Å². The van der Waals surface area contributed by atoms with Crippen LogP contribution in [0.15, 0.2) is 48.5 Å². The first-order valence-corrected chi connectivity index (χ1v) is 9.13. The summed E-state index contributed by atoms with van der Waals surface area (Å²) >= 11 is 0. The summed E-state index contributed by atoms with van der Waals surface area (Å²) in [4.78, 5) is 16.4. The first-order chi connectivity index (χ1) is 12.6. The van der Waals surface area contributed by atoms with Crippen LogP contribution >= 0.6 is 0 Å². The maximum Gasteiger partial charge on any atom is 0.230 e. The molecule has 1 heterocycles. The number of H-pyrrole nitrogens is 1. The van der Waals surface area contributed by atoms with Crippen molar-refractivity contribution in [1.29, 1.82) is 0 Å². The van der Waals surface area contributed by atoms with Crippen LogP contribution < -0.4 is 10.1 Å². The molecule has 4 rings (SSSR count). The van der Waals surface area contributed by atoms with Crippen molar-refractivity contribution in [3.05, 3.63) is 65.4 Å². The zero-order valence-corrected chi connectivity index (χ0v) is 15.3. The number of para-hydroxylation sites is 1. The second-order valence-corrected chi connectivity index (χ2v) is 7.11. The summed E-state index contributed by atoms with van der Waals surface area (Å²) in [5.74, 6) is 0.996. The SMILES string of the molecule is COc1cccc(CCNC(=O)C2(c3c(C)[nH]c4ccccc34)CC2)c1. The zero-order chi connectivity index (χ0) is 18.1. The van der Waals surface area contributed by atoms with E-state index in [0.29, 0.717) is 6.54 Å². The Morgan fingerprint density at radius 1 is 1.19 bits per heavy atom. The molecule has 0 atom stereocenters. The van der Waals surface area contributed by atoms with Gasteiger partial charge in [0.25, 0.3) is 0 Å². The highest BCUT2D eigenvalue weighted by molar-refractivity contribution is 5.98. The van der Waals surface area contributed by atoms with Crippen molar-refractivity contribution in [2.75, 3.05) is 13.7 Å². The number of carbonyl (C=O) groups excluding carboxylic acids is 1. The number of aromatic amines is 1. The third kappa shape index (κ3) is 2.85. The highest BCUT2D eigenvalue weighted by atomic mass is 16.5. The minimum Gasteiger partial charge on any atom is -0.497 e. The van der Waals surface area contributed by atoms with E-state index >= 15 is 0 Å². The number of ether oxygens (including phenoxy) is 1. The van der Waals surface area contributed by atoms with E-state index < -0.39 is 0 Å². The van der Waals surface area contributed by atoms with Gasteiger partial charge in [-0.1, -0.05) is 30.3 Å². The van der Waals surface area contributed by atoms with Crippen LogP contribution in [0.3, 0.4) is 0 Å². The molecule has 1 saturated carbocycles. The average Bonchev–Trinajstić information content (AvgIpc) is 3.38. The summed E-state index contributed by atoms with van der Waals surface area (Å²) in [7, 11) is 1.67. The first kappa shape index (κ1) is 16.7. The van der Waals surface area contributed by atoms with Gasteiger partial charge in [0.05, 0.1) is 12.5 Å². The normalized spacial score (nSPS) is 15.0. The van der Waals surface area contributed by atoms with Crippen LogP contribution in [0.5, 0.6) is 5.75 Å². The Morgan fingerprint density at radius 3 is 2.77 bits per heavy atom. The van der Waals surface area contributed by atoms with Crippen LogP contribution in [0, 0.1) is 6.92 Å². The van der Waals surface area contributed by atoms with Gasteiger partial charge >= 0.3 is 0 Å². The lowest BCUT2D eigenvalue weighted by Crippen LogP contribution is -2.36. The molecule has 4 heteroatoms. The summed E-state index contributed by atoms with van der Waals surface area (Å²) in [5.41, 5.74) is 4.18. The molecule has 134 valence electrons. The maximum absolute atomic E-state index is 13.0. The van der Waals surface area contributed by atoms with E-state index in [0.717, 1.165) is 41.8 Å². The summed E-state index contributed by atoms with van der Waals surface area (Å²) in [6, 6.07) is 16.2. The van der Waals surface area contributed by atoms with E-state index in [1.807, 2.05) is 30.3 Å². The largest absolute Gasteiger partial charge is 0.497 e. The van der Waals surface area contributed by atoms with Gasteiger partial charge in [-0.2, -0.15) is 0 Å². The fraction of sp³-hybridized carbons (Fsp3) is 0.318. The molecule has 2 N–H and O–H groups in total. The van der Waals surface area contributed by atoms with E-state index in [9.17, 15) is 4.79 Å². The fourth-order valence-electron chi connectivity index (χ4n) is 3.93. The monoisotopic (exact) mass is 348 g/mol. The Labute approximate surface area is 153 Å². The second-order valence-electron chi connectivity index (χ2n) is 7.11. The van der Waals surface area contributed by atoms with Crippen molar-refractivity contribution < 1.29 is 9.53 Å². The van der Waals surface area contributed by atoms with Gasteiger partial charge in [0.2, 0.25) is 5.91 Å². The lowest BCUT2D eigenvalue weighted by Gasteiger charge is -2.16. The van der Waals surface area contributed by atoms with Crippen LogP contribution in [0.25, 0.3) is 10.9 Å². The van der Waals surface area contributed by atoms with Gasteiger partial charge in [-0.15, -0.1) is 0 Å². The van der Waals surface area contributed by atoms with Gasteiger partial charge < -0.3 is 15.0 Å². The predicted octanol–water partition coefficient (Wildman–Crippen LogP) is 3.88. The van der Waals surface area contributed by atoms with Crippen LogP contribution in [0.1, 0.15) is 29.7 Å². The molecule has 0 spiro atoms. The Hall–Kier alpha value is -2.75. The maximum atomic E-state index is 13.0. The first-order valence-electron chi connectivity index (χ1n) is 9.13. The average molecular weight is 348 g/mol. The van der Waals surface area contributed by atoms with Crippen LogP contribution in [-0.4, -0.2) is 24.5 Å². The quantitative estimate of drug-likeness (QED) is 0.710. The van der Waals surface area contributed by atoms with Crippen LogP contribution in [-0.2, 0) is 16.6 Å². The lowest BCUT2D eigenvalue weighted by molar-refractivity contribution is -0.123. The molecule has 0 aliphatic heterocycles. The van der Waals surface area contributed by atoms with Crippen LogP contribution in [0.2, 0.25) is 0 Å². The number of rotatable bonds is 6. The van der Waals surface area contributed by atoms with Crippen molar-refractivity contribution in [3.63, 3.8) is 0 Å². The van der Waals surface area contributed by atoms with Crippen LogP contribution in [0.4, 0.5) is 0 Å². The summed E-state index contributed by atoms with van der Waals surface area (Å²) in [5, 5.41) is 4.33. The molecule has 1 fully saturated rings. The number of aromatic nitrogens is 1. The Kier molecular flexibility index (Phi) is 4.19. The minimum atomic E-state index is -0.363. The molecule has 4 nitrogen and oxygen atoms in total. The van der Waals surface area contributed by atoms with Crippen molar-refractivity contribution in [2.45, 2.75) is 31.6 Å². The summed E-state index contributed by atoms with van der Waals surface area (Å²) in [6.07, 6.45) is 2.63. The Bertz CT molecular complexity index is 954. The molecule has 1 amide bonds. The van der Waals surface area contributed by atoms with Gasteiger partial charge in [-0.25, -0.2) is 0 Å². The van der Waals surface area contributed by atoms with Gasteiger partial charge in [0, 0.05) is 23.1 Å². The molecule has 3 aromatic rings. The number of carbonyl (C=O) groups is 1. The molecule has 1 aliphatic rings. The van der Waals surface area contributed by atoms with Gasteiger partial charge in [0.15, 0.2) is 0 Å². The third-order valence-corrected chi connectivity index (χ3v) is 5.39. The van der Waals surface area contributed by atoms with Gasteiger partial charge in [-0.05, 0) is 55.5 Å². The Balaban J connectivity index is 1.48. The van der Waals surface area contributed by atoms with E-state index in [1.165, 1.54) is 10.9 Å². The fourth-order valence-corrected chi connectivity index (χ4v) is 3.93. The van der Waals surface area contributed by atoms with Gasteiger partial charge in [0.1, 0.15) is 5.75 Å². The number of hydrogen-bond donors (Lipinski definition) is 2. The molecular weight excluding hydrogens is 324 g/mol. The van der Waals surface area contributed by atoms with Crippen molar-refractivity contribution in [3.8, 4) is 5.75 Å². The summed E-state index contributed by atoms with van der Waals surface area (Å²) < 4.78 is 5.26. The van der Waals surface area contributed by atoms with Gasteiger partial charge in [-0.3, -0.25) is 4.79 Å². The second kappa shape index (κ2) is 6.52. The number of fused-ring (bicyclic) bond motifs is 1. The highest BCUT2D eigenvalue weighted by Gasteiger charge is 2.53. The smallest absolute Gasteiger partial charge is 0.230 e. The predicted molar refractivity (Wildman–Crippen MR) is 104 cm³/mol. The third-order valence-electron chi connectivity index (χ3n) is 5.39. The zero-order valence-electron chi connectivity index (χ0n) is 15.3. The standard InChI is InChI=1S/C22H24N2O2/c1-15-20(18-8-3-4-9-19(18)24-15)22(11-12-22)21(25)23-13-10-16-6-5-7-17(14-16)26-2/h3-9,14,24H,10-13H2,1-2H3,(H,23,25). The number of hydrogen-bond acceptors (Lipinski definition) is 2. The topological polar surface area (TPSA) is 54.1 Å². The molecule has 0 unspecified atom stereocenters. The minimum absolute atomic E-state index is 0.147. The number of nitrogens with one attached hydrogen (secondary N) is 2. The number of amides is 1. The highest BCUT2D eigenvalue weighted by Crippen LogP contribution is 2.51. The molecular formula is C22H24N2O2. The van der Waals surface area contributed by atoms with E-state index in [4.69, 9.17) is 4.74 Å². The molecule has 1 aromatic heterocycles. The van der Waals surface area contributed by atoms with E-state index in [1.54, 1.807) is 7.11 Å². The molecule has 0 radical (unpaired) electrons. The molecule has 2 aromatic carbocycles. The number of aryl methyl sites for hydroxylation is 1. The van der Waals surface area contributed by atoms with Crippen molar-refractivity contribution >= 4 is 16.8 Å².